The zero-order valence-corrected chi connectivity index (χ0v) is 9.07. The summed E-state index contributed by atoms with van der Waals surface area (Å²) in [6.07, 6.45) is 1.58. The van der Waals surface area contributed by atoms with E-state index in [2.05, 4.69) is 9.97 Å². The van der Waals surface area contributed by atoms with Crippen LogP contribution in [0.4, 0.5) is 4.39 Å². The van der Waals surface area contributed by atoms with Gasteiger partial charge in [-0.25, -0.2) is 9.37 Å². The van der Waals surface area contributed by atoms with E-state index >= 15 is 0 Å². The van der Waals surface area contributed by atoms with Crippen molar-refractivity contribution in [2.75, 3.05) is 0 Å². The molecule has 5 heteroatoms. The first-order chi connectivity index (χ1) is 7.16. The van der Waals surface area contributed by atoms with Crippen LogP contribution < -0.4 is 0 Å². The van der Waals surface area contributed by atoms with Gasteiger partial charge in [0.25, 0.3) is 0 Å². The Kier molecular flexibility index (Phi) is 2.79. The van der Waals surface area contributed by atoms with E-state index in [0.29, 0.717) is 21.1 Å². The van der Waals surface area contributed by atoms with Gasteiger partial charge in [-0.05, 0) is 24.3 Å². The fraction of sp³-hybridized carbons (Fsp3) is 0. The summed E-state index contributed by atoms with van der Waals surface area (Å²) in [5.74, 6) is 0.158. The smallest absolute Gasteiger partial charge is 0.139 e. The predicted octanol–water partition coefficient (Wildman–Crippen LogP) is 3.60. The second kappa shape index (κ2) is 4.08. The number of nitrogens with zero attached hydrogens (tertiary/aromatic N) is 1. The molecule has 0 aliphatic heterocycles. The quantitative estimate of drug-likeness (QED) is 0.772. The highest BCUT2D eigenvalue weighted by Gasteiger charge is 2.05. The Bertz CT molecular complexity index is 553. The van der Waals surface area contributed by atoms with Crippen molar-refractivity contribution in [1.82, 2.24) is 9.97 Å². The molecule has 0 bridgehead atoms. The molecule has 1 heterocycles. The fourth-order valence-corrected chi connectivity index (χ4v) is 1.60. The Hall–Kier alpha value is -1.26. The van der Waals surface area contributed by atoms with E-state index < -0.39 is 0 Å². The maximum Gasteiger partial charge on any atom is 0.139 e. The monoisotopic (exact) mass is 240 g/mol. The number of hydrogen-bond donors (Lipinski definition) is 1. The molecular weight excluding hydrogens is 235 g/mol. The standard InChI is InChI=1S/C10H6ClFN2S/c11-8-5-6(12)1-2-7(8)10-13-4-3-9(15)14-10/h1-5H,(H,13,14,15). The lowest BCUT2D eigenvalue weighted by Crippen LogP contribution is -1.89. The SMILES string of the molecule is Fc1ccc(-c2nccc(=S)[nH]2)c(Cl)c1. The second-order valence-corrected chi connectivity index (χ2v) is 3.75. The Morgan fingerprint density at radius 3 is 2.80 bits per heavy atom. The lowest BCUT2D eigenvalue weighted by molar-refractivity contribution is 0.628. The topological polar surface area (TPSA) is 28.7 Å². The molecule has 76 valence electrons. The van der Waals surface area contributed by atoms with Gasteiger partial charge in [-0.2, -0.15) is 0 Å². The molecule has 0 amide bonds. The van der Waals surface area contributed by atoms with Crippen LogP contribution in [-0.4, -0.2) is 9.97 Å². The Balaban J connectivity index is 2.59. The minimum Gasteiger partial charge on any atom is -0.331 e. The predicted molar refractivity (Wildman–Crippen MR) is 59.8 cm³/mol. The van der Waals surface area contributed by atoms with Crippen molar-refractivity contribution in [1.29, 1.82) is 0 Å². The van der Waals surface area contributed by atoms with Gasteiger partial charge < -0.3 is 4.98 Å². The van der Waals surface area contributed by atoms with Crippen molar-refractivity contribution < 1.29 is 4.39 Å². The number of nitrogens with one attached hydrogen (secondary N) is 1. The molecule has 0 saturated heterocycles. The average Bonchev–Trinajstić information content (AvgIpc) is 2.17. The number of benzene rings is 1. The molecule has 1 aromatic heterocycles. The molecular formula is C10H6ClFN2S. The molecule has 0 spiro atoms. The summed E-state index contributed by atoms with van der Waals surface area (Å²) in [5.41, 5.74) is 0.629. The van der Waals surface area contributed by atoms with Gasteiger partial charge in [0, 0.05) is 11.8 Å². The zero-order valence-electron chi connectivity index (χ0n) is 7.50. The van der Waals surface area contributed by atoms with Crippen LogP contribution in [-0.2, 0) is 0 Å². The molecule has 0 unspecified atom stereocenters. The number of halogens is 2. The average molecular weight is 241 g/mol. The van der Waals surface area contributed by atoms with Gasteiger partial charge in [0.2, 0.25) is 0 Å². The molecule has 0 radical (unpaired) electrons. The van der Waals surface area contributed by atoms with Crippen LogP contribution >= 0.6 is 23.8 Å². The molecule has 0 atom stereocenters. The molecule has 2 nitrogen and oxygen atoms in total. The van der Waals surface area contributed by atoms with Gasteiger partial charge in [0.05, 0.1) is 5.02 Å². The third-order valence-electron chi connectivity index (χ3n) is 1.86. The van der Waals surface area contributed by atoms with E-state index in [1.807, 2.05) is 0 Å². The summed E-state index contributed by atoms with van der Waals surface area (Å²) >= 11 is 10.8. The molecule has 0 fully saturated rings. The lowest BCUT2D eigenvalue weighted by Gasteiger charge is -2.02. The van der Waals surface area contributed by atoms with Crippen LogP contribution in [0.5, 0.6) is 0 Å². The van der Waals surface area contributed by atoms with Crippen molar-refractivity contribution in [2.45, 2.75) is 0 Å². The number of H-pyrrole nitrogens is 1. The van der Waals surface area contributed by atoms with Gasteiger partial charge in [-0.1, -0.05) is 23.8 Å². The highest BCUT2D eigenvalue weighted by atomic mass is 35.5. The van der Waals surface area contributed by atoms with Crippen molar-refractivity contribution in [3.8, 4) is 11.4 Å². The summed E-state index contributed by atoms with van der Waals surface area (Å²) in [6.45, 7) is 0. The minimum absolute atomic E-state index is 0.305. The summed E-state index contributed by atoms with van der Waals surface area (Å²) in [5, 5.41) is 0.305. The van der Waals surface area contributed by atoms with Crippen LogP contribution in [0.15, 0.2) is 30.5 Å². The number of aromatic nitrogens is 2. The molecule has 1 aromatic carbocycles. The van der Waals surface area contributed by atoms with Crippen molar-refractivity contribution in [3.05, 3.63) is 45.9 Å². The van der Waals surface area contributed by atoms with E-state index in [-0.39, 0.29) is 5.82 Å². The van der Waals surface area contributed by atoms with Crippen LogP contribution in [0.1, 0.15) is 0 Å². The van der Waals surface area contributed by atoms with E-state index in [4.69, 9.17) is 23.8 Å². The lowest BCUT2D eigenvalue weighted by atomic mass is 10.2. The van der Waals surface area contributed by atoms with Crippen molar-refractivity contribution in [2.24, 2.45) is 0 Å². The molecule has 0 saturated carbocycles. The summed E-state index contributed by atoms with van der Waals surface area (Å²) < 4.78 is 13.4. The number of aromatic amines is 1. The highest BCUT2D eigenvalue weighted by molar-refractivity contribution is 7.71. The van der Waals surface area contributed by atoms with Crippen LogP contribution in [0.3, 0.4) is 0 Å². The first-order valence-corrected chi connectivity index (χ1v) is 4.96. The molecule has 0 aliphatic carbocycles. The second-order valence-electron chi connectivity index (χ2n) is 2.91. The molecule has 2 aromatic rings. The van der Waals surface area contributed by atoms with Crippen LogP contribution in [0, 0.1) is 10.5 Å². The van der Waals surface area contributed by atoms with Crippen molar-refractivity contribution in [3.63, 3.8) is 0 Å². The van der Waals surface area contributed by atoms with E-state index in [0.717, 1.165) is 0 Å². The Labute approximate surface area is 95.8 Å². The van der Waals surface area contributed by atoms with Gasteiger partial charge in [-0.3, -0.25) is 0 Å². The highest BCUT2D eigenvalue weighted by Crippen LogP contribution is 2.25. The summed E-state index contributed by atoms with van der Waals surface area (Å²) in [7, 11) is 0. The number of hydrogen-bond acceptors (Lipinski definition) is 2. The fourth-order valence-electron chi connectivity index (χ4n) is 1.19. The minimum atomic E-state index is -0.377. The van der Waals surface area contributed by atoms with Crippen LogP contribution in [0.25, 0.3) is 11.4 Å². The summed E-state index contributed by atoms with van der Waals surface area (Å²) in [4.78, 5) is 6.95. The van der Waals surface area contributed by atoms with Gasteiger partial charge >= 0.3 is 0 Å². The van der Waals surface area contributed by atoms with Gasteiger partial charge in [0.15, 0.2) is 0 Å². The Morgan fingerprint density at radius 1 is 1.33 bits per heavy atom. The molecule has 15 heavy (non-hydrogen) atoms. The largest absolute Gasteiger partial charge is 0.331 e. The first-order valence-electron chi connectivity index (χ1n) is 4.17. The van der Waals surface area contributed by atoms with E-state index in [1.165, 1.54) is 12.1 Å². The maximum absolute atomic E-state index is 12.8. The Morgan fingerprint density at radius 2 is 2.13 bits per heavy atom. The molecule has 2 rings (SSSR count). The summed E-state index contributed by atoms with van der Waals surface area (Å²) in [6, 6.07) is 5.79. The molecule has 0 aliphatic rings. The van der Waals surface area contributed by atoms with E-state index in [1.54, 1.807) is 18.3 Å². The zero-order chi connectivity index (χ0) is 10.8. The molecule has 1 N–H and O–H groups in total. The van der Waals surface area contributed by atoms with Crippen LogP contribution in [0.2, 0.25) is 5.02 Å². The number of rotatable bonds is 1. The van der Waals surface area contributed by atoms with Gasteiger partial charge in [0.1, 0.15) is 16.3 Å². The third kappa shape index (κ3) is 2.22. The van der Waals surface area contributed by atoms with E-state index in [9.17, 15) is 4.39 Å². The first kappa shape index (κ1) is 10.3. The normalized spacial score (nSPS) is 10.3. The maximum atomic E-state index is 12.8. The van der Waals surface area contributed by atoms with Crippen molar-refractivity contribution >= 4 is 23.8 Å². The third-order valence-corrected chi connectivity index (χ3v) is 2.41. The van der Waals surface area contributed by atoms with Gasteiger partial charge in [-0.15, -0.1) is 0 Å².